The molecular formula is C10H21N3O3. The molecule has 3 N–H and O–H groups in total. The van der Waals surface area contributed by atoms with E-state index >= 15 is 0 Å². The molecule has 0 aromatic carbocycles. The van der Waals surface area contributed by atoms with Crippen molar-refractivity contribution in [3.8, 4) is 0 Å². The van der Waals surface area contributed by atoms with Crippen LogP contribution in [0.5, 0.6) is 0 Å². The molecule has 1 heterocycles. The average molecular weight is 231 g/mol. The van der Waals surface area contributed by atoms with E-state index in [2.05, 4.69) is 15.5 Å². The molecule has 0 bridgehead atoms. The number of rotatable bonds is 6. The highest BCUT2D eigenvalue weighted by Crippen LogP contribution is 1.92. The number of carbonyl (C=O) groups is 1. The van der Waals surface area contributed by atoms with Gasteiger partial charge < -0.3 is 20.5 Å². The number of aliphatic hydroxyl groups excluding tert-OH is 1. The molecule has 1 atom stereocenters. The van der Waals surface area contributed by atoms with Gasteiger partial charge in [-0.05, 0) is 0 Å². The predicted molar refractivity (Wildman–Crippen MR) is 60.2 cm³/mol. The number of hydrogen-bond acceptors (Lipinski definition) is 5. The predicted octanol–water partition coefficient (Wildman–Crippen LogP) is -1.98. The maximum atomic E-state index is 11.6. The Morgan fingerprint density at radius 3 is 2.81 bits per heavy atom. The van der Waals surface area contributed by atoms with Gasteiger partial charge in [0.25, 0.3) is 0 Å². The molecule has 6 nitrogen and oxygen atoms in total. The first-order valence-electron chi connectivity index (χ1n) is 5.58. The summed E-state index contributed by atoms with van der Waals surface area (Å²) in [7, 11) is 1.55. The number of carbonyl (C=O) groups excluding carboxylic acids is 1. The van der Waals surface area contributed by atoms with Gasteiger partial charge in [0, 0.05) is 33.3 Å². The van der Waals surface area contributed by atoms with Crippen LogP contribution in [0.1, 0.15) is 0 Å². The number of ether oxygens (including phenoxy) is 1. The Balaban J connectivity index is 2.22. The van der Waals surface area contributed by atoms with Gasteiger partial charge in [0.1, 0.15) is 0 Å². The van der Waals surface area contributed by atoms with Crippen LogP contribution in [0, 0.1) is 0 Å². The van der Waals surface area contributed by atoms with Crippen LogP contribution in [0.25, 0.3) is 0 Å². The second-order valence-corrected chi connectivity index (χ2v) is 3.93. The van der Waals surface area contributed by atoms with Crippen LogP contribution in [0.3, 0.4) is 0 Å². The summed E-state index contributed by atoms with van der Waals surface area (Å²) in [5.41, 5.74) is 0. The van der Waals surface area contributed by atoms with Gasteiger partial charge in [0.15, 0.2) is 0 Å². The maximum absolute atomic E-state index is 11.6. The van der Waals surface area contributed by atoms with Gasteiger partial charge in [-0.3, -0.25) is 9.69 Å². The lowest BCUT2D eigenvalue weighted by molar-refractivity contribution is -0.123. The van der Waals surface area contributed by atoms with Crippen molar-refractivity contribution >= 4 is 5.91 Å². The van der Waals surface area contributed by atoms with E-state index in [-0.39, 0.29) is 18.6 Å². The van der Waals surface area contributed by atoms with Crippen molar-refractivity contribution in [1.29, 1.82) is 0 Å². The van der Waals surface area contributed by atoms with E-state index in [1.165, 1.54) is 0 Å². The second kappa shape index (κ2) is 7.56. The maximum Gasteiger partial charge on any atom is 0.234 e. The Labute approximate surface area is 95.9 Å². The van der Waals surface area contributed by atoms with Crippen LogP contribution in [0.4, 0.5) is 0 Å². The third-order valence-corrected chi connectivity index (χ3v) is 2.53. The summed E-state index contributed by atoms with van der Waals surface area (Å²) in [5.74, 6) is -0.0574. The number of amides is 1. The van der Waals surface area contributed by atoms with Crippen molar-refractivity contribution in [3.63, 3.8) is 0 Å². The first-order valence-corrected chi connectivity index (χ1v) is 5.58. The Morgan fingerprint density at radius 2 is 2.25 bits per heavy atom. The molecule has 1 amide bonds. The van der Waals surface area contributed by atoms with E-state index in [0.717, 1.165) is 26.2 Å². The first-order chi connectivity index (χ1) is 7.76. The van der Waals surface area contributed by atoms with Crippen molar-refractivity contribution in [2.24, 2.45) is 0 Å². The van der Waals surface area contributed by atoms with Crippen molar-refractivity contribution in [2.45, 2.75) is 6.04 Å². The molecule has 94 valence electrons. The molecule has 1 fully saturated rings. The topological polar surface area (TPSA) is 73.8 Å². The molecule has 1 aliphatic heterocycles. The van der Waals surface area contributed by atoms with E-state index in [0.29, 0.717) is 13.2 Å². The van der Waals surface area contributed by atoms with Crippen LogP contribution in [0.2, 0.25) is 0 Å². The summed E-state index contributed by atoms with van der Waals surface area (Å²) in [4.78, 5) is 13.7. The summed E-state index contributed by atoms with van der Waals surface area (Å²) < 4.78 is 4.89. The molecule has 6 heteroatoms. The molecule has 0 aromatic rings. The summed E-state index contributed by atoms with van der Waals surface area (Å²) in [6, 6.07) is -0.305. The zero-order chi connectivity index (χ0) is 11.8. The highest BCUT2D eigenvalue weighted by Gasteiger charge is 2.16. The minimum Gasteiger partial charge on any atom is -0.394 e. The van der Waals surface area contributed by atoms with Gasteiger partial charge in [-0.25, -0.2) is 0 Å². The highest BCUT2D eigenvalue weighted by molar-refractivity contribution is 5.78. The Bertz CT molecular complexity index is 199. The standard InChI is InChI=1S/C10H21N3O3/c1-16-8-9(7-14)12-10(15)6-13-4-2-11-3-5-13/h9,11,14H,2-8H2,1H3,(H,12,15). The summed E-state index contributed by atoms with van der Waals surface area (Å²) in [5, 5.41) is 15.0. The first kappa shape index (κ1) is 13.4. The van der Waals surface area contributed by atoms with E-state index in [1.54, 1.807) is 7.11 Å². The molecule has 1 rings (SSSR count). The van der Waals surface area contributed by atoms with E-state index in [1.807, 2.05) is 0 Å². The van der Waals surface area contributed by atoms with Gasteiger partial charge >= 0.3 is 0 Å². The fourth-order valence-corrected chi connectivity index (χ4v) is 1.69. The van der Waals surface area contributed by atoms with Crippen LogP contribution >= 0.6 is 0 Å². The highest BCUT2D eigenvalue weighted by atomic mass is 16.5. The third-order valence-electron chi connectivity index (χ3n) is 2.53. The molecule has 0 radical (unpaired) electrons. The molecule has 0 spiro atoms. The monoisotopic (exact) mass is 231 g/mol. The molecule has 1 aliphatic rings. The van der Waals surface area contributed by atoms with Gasteiger partial charge in [-0.2, -0.15) is 0 Å². The van der Waals surface area contributed by atoms with Crippen molar-refractivity contribution in [2.75, 3.05) is 53.0 Å². The quantitative estimate of drug-likeness (QED) is 0.494. The number of nitrogens with one attached hydrogen (secondary N) is 2. The van der Waals surface area contributed by atoms with Gasteiger partial charge in [0.05, 0.1) is 25.8 Å². The summed E-state index contributed by atoms with van der Waals surface area (Å²) in [6.07, 6.45) is 0. The lowest BCUT2D eigenvalue weighted by atomic mass is 10.3. The number of piperazine rings is 1. The van der Waals surface area contributed by atoms with Crippen LogP contribution < -0.4 is 10.6 Å². The molecule has 0 aromatic heterocycles. The smallest absolute Gasteiger partial charge is 0.234 e. The fourth-order valence-electron chi connectivity index (χ4n) is 1.69. The Hall–Kier alpha value is -0.690. The van der Waals surface area contributed by atoms with E-state index < -0.39 is 0 Å². The largest absolute Gasteiger partial charge is 0.394 e. The van der Waals surface area contributed by atoms with Crippen LogP contribution in [-0.4, -0.2) is 75.0 Å². The van der Waals surface area contributed by atoms with Gasteiger partial charge in [-0.1, -0.05) is 0 Å². The lowest BCUT2D eigenvalue weighted by Gasteiger charge is -2.27. The minimum absolute atomic E-state index is 0.0574. The molecule has 0 saturated carbocycles. The van der Waals surface area contributed by atoms with Crippen molar-refractivity contribution in [3.05, 3.63) is 0 Å². The van der Waals surface area contributed by atoms with E-state index in [4.69, 9.17) is 9.84 Å². The second-order valence-electron chi connectivity index (χ2n) is 3.93. The summed E-state index contributed by atoms with van der Waals surface area (Å²) >= 11 is 0. The van der Waals surface area contributed by atoms with Crippen molar-refractivity contribution in [1.82, 2.24) is 15.5 Å². The fraction of sp³-hybridized carbons (Fsp3) is 0.900. The van der Waals surface area contributed by atoms with Gasteiger partial charge in [-0.15, -0.1) is 0 Å². The van der Waals surface area contributed by atoms with E-state index in [9.17, 15) is 4.79 Å². The van der Waals surface area contributed by atoms with Crippen LogP contribution in [0.15, 0.2) is 0 Å². The SMILES string of the molecule is COCC(CO)NC(=O)CN1CCNCC1. The molecule has 1 unspecified atom stereocenters. The number of aliphatic hydroxyl groups is 1. The van der Waals surface area contributed by atoms with Gasteiger partial charge in [0.2, 0.25) is 5.91 Å². The molecule has 1 saturated heterocycles. The summed E-state index contributed by atoms with van der Waals surface area (Å²) in [6.45, 7) is 4.26. The normalized spacial score (nSPS) is 19.4. The Morgan fingerprint density at radius 1 is 1.56 bits per heavy atom. The average Bonchev–Trinajstić information content (AvgIpc) is 2.29. The number of methoxy groups -OCH3 is 1. The lowest BCUT2D eigenvalue weighted by Crippen LogP contribution is -2.50. The number of nitrogens with zero attached hydrogens (tertiary/aromatic N) is 1. The molecule has 0 aliphatic carbocycles. The zero-order valence-corrected chi connectivity index (χ0v) is 9.74. The van der Waals surface area contributed by atoms with Crippen LogP contribution in [-0.2, 0) is 9.53 Å². The molecule has 16 heavy (non-hydrogen) atoms. The van der Waals surface area contributed by atoms with Crippen molar-refractivity contribution < 1.29 is 14.6 Å². The zero-order valence-electron chi connectivity index (χ0n) is 9.74. The number of hydrogen-bond donors (Lipinski definition) is 3. The minimum atomic E-state index is -0.305. The molecular weight excluding hydrogens is 210 g/mol. The Kier molecular flexibility index (Phi) is 6.32. The third kappa shape index (κ3) is 4.89.